The highest BCUT2D eigenvalue weighted by atomic mass is 16.5. The molecule has 0 spiro atoms. The van der Waals surface area contributed by atoms with Gasteiger partial charge in [0, 0.05) is 12.2 Å². The first-order valence-corrected chi connectivity index (χ1v) is 12.4. The number of anilines is 1. The maximum atomic E-state index is 12.9. The van der Waals surface area contributed by atoms with Gasteiger partial charge in [0.2, 0.25) is 5.91 Å². The predicted octanol–water partition coefficient (Wildman–Crippen LogP) is 4.14. The molecule has 0 saturated carbocycles. The van der Waals surface area contributed by atoms with Crippen LogP contribution in [-0.4, -0.2) is 49.1 Å². The molecule has 1 aliphatic rings. The number of rotatable bonds is 10. The van der Waals surface area contributed by atoms with E-state index in [1.165, 1.54) is 5.56 Å². The summed E-state index contributed by atoms with van der Waals surface area (Å²) in [5, 5.41) is 2.91. The summed E-state index contributed by atoms with van der Waals surface area (Å²) in [6.45, 7) is 9.02. The largest absolute Gasteiger partial charge is 0.465 e. The van der Waals surface area contributed by atoms with E-state index in [2.05, 4.69) is 36.2 Å². The lowest BCUT2D eigenvalue weighted by molar-refractivity contribution is -0.152. The van der Waals surface area contributed by atoms with E-state index in [9.17, 15) is 9.59 Å². The minimum absolute atomic E-state index is 0.105. The average Bonchev–Trinajstić information content (AvgIpc) is 2.84. The number of amides is 1. The molecule has 184 valence electrons. The Kier molecular flexibility index (Phi) is 9.25. The fourth-order valence-electron chi connectivity index (χ4n) is 4.69. The van der Waals surface area contributed by atoms with Crippen molar-refractivity contribution in [2.75, 3.05) is 31.6 Å². The second kappa shape index (κ2) is 12.1. The zero-order chi connectivity index (χ0) is 24.6. The van der Waals surface area contributed by atoms with Gasteiger partial charge in [0.25, 0.3) is 0 Å². The summed E-state index contributed by atoms with van der Waals surface area (Å²) in [5.74, 6) is 0.137. The summed E-state index contributed by atoms with van der Waals surface area (Å²) in [6, 6.07) is 17.6. The smallest absolute Gasteiger partial charge is 0.316 e. The number of benzene rings is 2. The van der Waals surface area contributed by atoms with E-state index in [4.69, 9.17) is 10.5 Å². The molecule has 6 heteroatoms. The van der Waals surface area contributed by atoms with Crippen molar-refractivity contribution in [3.63, 3.8) is 0 Å². The highest BCUT2D eigenvalue weighted by molar-refractivity contribution is 5.94. The van der Waals surface area contributed by atoms with Crippen LogP contribution < -0.4 is 11.1 Å². The summed E-state index contributed by atoms with van der Waals surface area (Å²) in [4.78, 5) is 27.6. The van der Waals surface area contributed by atoms with Gasteiger partial charge in [-0.2, -0.15) is 0 Å². The monoisotopic (exact) mass is 465 g/mol. The molecule has 3 rings (SSSR count). The van der Waals surface area contributed by atoms with Gasteiger partial charge in [0.05, 0.1) is 18.1 Å². The average molecular weight is 466 g/mol. The van der Waals surface area contributed by atoms with Crippen LogP contribution in [0.15, 0.2) is 54.6 Å². The number of likely N-dealkylation sites (tertiary alicyclic amines) is 1. The van der Waals surface area contributed by atoms with Crippen molar-refractivity contribution < 1.29 is 14.3 Å². The second-order valence-corrected chi connectivity index (χ2v) is 9.68. The molecule has 0 aromatic heterocycles. The van der Waals surface area contributed by atoms with Crippen LogP contribution in [0, 0.1) is 5.92 Å². The molecular weight excluding hydrogens is 426 g/mol. The van der Waals surface area contributed by atoms with Crippen LogP contribution in [0.4, 0.5) is 5.69 Å². The van der Waals surface area contributed by atoms with Crippen LogP contribution in [0.25, 0.3) is 0 Å². The SMILES string of the molecule is CCOC(=O)C1(c2ccccc2)CCN(CCc2ccc(NC(=O)C(N)CC(C)C)cc2)CC1. The molecule has 3 N–H and O–H groups in total. The van der Waals surface area contributed by atoms with Crippen molar-refractivity contribution in [1.29, 1.82) is 0 Å². The molecule has 0 bridgehead atoms. The lowest BCUT2D eigenvalue weighted by atomic mass is 9.72. The third kappa shape index (κ3) is 6.67. The maximum Gasteiger partial charge on any atom is 0.316 e. The Hall–Kier alpha value is -2.70. The number of hydrogen-bond acceptors (Lipinski definition) is 5. The van der Waals surface area contributed by atoms with Gasteiger partial charge in [-0.25, -0.2) is 0 Å². The minimum atomic E-state index is -0.552. The predicted molar refractivity (Wildman–Crippen MR) is 137 cm³/mol. The summed E-state index contributed by atoms with van der Waals surface area (Å²) in [5.41, 5.74) is 8.46. The van der Waals surface area contributed by atoms with E-state index in [0.717, 1.165) is 50.1 Å². The Morgan fingerprint density at radius 3 is 2.29 bits per heavy atom. The van der Waals surface area contributed by atoms with E-state index >= 15 is 0 Å². The lowest BCUT2D eigenvalue weighted by Crippen LogP contribution is -2.48. The number of hydrogen-bond donors (Lipinski definition) is 2. The first-order chi connectivity index (χ1) is 16.3. The van der Waals surface area contributed by atoms with Crippen molar-refractivity contribution in [3.8, 4) is 0 Å². The van der Waals surface area contributed by atoms with Gasteiger partial charge in [-0.15, -0.1) is 0 Å². The topological polar surface area (TPSA) is 84.7 Å². The van der Waals surface area contributed by atoms with Crippen molar-refractivity contribution in [2.45, 2.75) is 57.9 Å². The van der Waals surface area contributed by atoms with Gasteiger partial charge in [-0.05, 0) is 74.9 Å². The van der Waals surface area contributed by atoms with Crippen LogP contribution in [0.2, 0.25) is 0 Å². The van der Waals surface area contributed by atoms with Crippen LogP contribution in [0.3, 0.4) is 0 Å². The van der Waals surface area contributed by atoms with E-state index in [1.54, 1.807) is 0 Å². The zero-order valence-corrected chi connectivity index (χ0v) is 20.8. The van der Waals surface area contributed by atoms with Gasteiger partial charge in [0.1, 0.15) is 0 Å². The third-order valence-electron chi connectivity index (χ3n) is 6.70. The highest BCUT2D eigenvalue weighted by Gasteiger charge is 2.44. The summed E-state index contributed by atoms with van der Waals surface area (Å²) in [7, 11) is 0. The summed E-state index contributed by atoms with van der Waals surface area (Å²) in [6.07, 6.45) is 3.11. The molecular formula is C28H39N3O3. The first kappa shape index (κ1) is 25.9. The van der Waals surface area contributed by atoms with Crippen molar-refractivity contribution in [2.24, 2.45) is 11.7 Å². The third-order valence-corrected chi connectivity index (χ3v) is 6.70. The lowest BCUT2D eigenvalue weighted by Gasteiger charge is -2.40. The molecule has 1 saturated heterocycles. The molecule has 1 heterocycles. The minimum Gasteiger partial charge on any atom is -0.465 e. The number of nitrogens with one attached hydrogen (secondary N) is 1. The fourth-order valence-corrected chi connectivity index (χ4v) is 4.69. The number of esters is 1. The Labute approximate surface area is 203 Å². The van der Waals surface area contributed by atoms with Crippen LogP contribution in [0.1, 0.15) is 51.2 Å². The standard InChI is InChI=1S/C28H39N3O3/c1-4-34-27(33)28(23-8-6-5-7-9-23)15-18-31(19-16-28)17-14-22-10-12-24(13-11-22)30-26(32)25(29)20-21(2)3/h5-13,21,25H,4,14-20,29H2,1-3H3,(H,30,32). The second-order valence-electron chi connectivity index (χ2n) is 9.68. The normalized spacial score (nSPS) is 16.7. The van der Waals surface area contributed by atoms with Crippen molar-refractivity contribution in [3.05, 3.63) is 65.7 Å². The highest BCUT2D eigenvalue weighted by Crippen LogP contribution is 2.37. The van der Waals surface area contributed by atoms with Gasteiger partial charge in [-0.1, -0.05) is 56.3 Å². The quantitative estimate of drug-likeness (QED) is 0.515. The Bertz CT molecular complexity index is 920. The molecule has 1 fully saturated rings. The van der Waals surface area contributed by atoms with Crippen LogP contribution in [0.5, 0.6) is 0 Å². The molecule has 6 nitrogen and oxygen atoms in total. The molecule has 1 amide bonds. The number of carbonyl (C=O) groups is 2. The van der Waals surface area contributed by atoms with Crippen molar-refractivity contribution >= 4 is 17.6 Å². The molecule has 1 atom stereocenters. The molecule has 0 radical (unpaired) electrons. The molecule has 2 aromatic rings. The number of nitrogens with zero attached hydrogens (tertiary/aromatic N) is 1. The van der Waals surface area contributed by atoms with Gasteiger partial charge in [0.15, 0.2) is 0 Å². The fraction of sp³-hybridized carbons (Fsp3) is 0.500. The molecule has 1 aliphatic heterocycles. The molecule has 34 heavy (non-hydrogen) atoms. The molecule has 1 unspecified atom stereocenters. The number of piperidine rings is 1. The van der Waals surface area contributed by atoms with Crippen LogP contribution in [-0.2, 0) is 26.2 Å². The van der Waals surface area contributed by atoms with Gasteiger partial charge in [-0.3, -0.25) is 9.59 Å². The molecule has 0 aliphatic carbocycles. The van der Waals surface area contributed by atoms with Crippen molar-refractivity contribution in [1.82, 2.24) is 4.90 Å². The van der Waals surface area contributed by atoms with Gasteiger partial charge < -0.3 is 20.7 Å². The number of nitrogens with two attached hydrogens (primary N) is 1. The maximum absolute atomic E-state index is 12.9. The number of ether oxygens (including phenoxy) is 1. The Morgan fingerprint density at radius 1 is 1.06 bits per heavy atom. The first-order valence-electron chi connectivity index (χ1n) is 12.4. The molecule has 2 aromatic carbocycles. The zero-order valence-electron chi connectivity index (χ0n) is 20.8. The van der Waals surface area contributed by atoms with Crippen LogP contribution >= 0.6 is 0 Å². The number of carbonyl (C=O) groups excluding carboxylic acids is 2. The Morgan fingerprint density at radius 2 is 1.71 bits per heavy atom. The summed E-state index contributed by atoms with van der Waals surface area (Å²) >= 11 is 0. The summed E-state index contributed by atoms with van der Waals surface area (Å²) < 4.78 is 5.48. The Balaban J connectivity index is 1.52. The van der Waals surface area contributed by atoms with E-state index < -0.39 is 11.5 Å². The van der Waals surface area contributed by atoms with E-state index in [-0.39, 0.29) is 11.9 Å². The van der Waals surface area contributed by atoms with E-state index in [0.29, 0.717) is 18.9 Å². The van der Waals surface area contributed by atoms with Gasteiger partial charge >= 0.3 is 5.97 Å². The van der Waals surface area contributed by atoms with E-state index in [1.807, 2.05) is 49.4 Å².